The Kier molecular flexibility index (Phi) is 9.12. The summed E-state index contributed by atoms with van der Waals surface area (Å²) in [5, 5.41) is 7.03. The van der Waals surface area contributed by atoms with Crippen molar-refractivity contribution in [3.63, 3.8) is 0 Å². The van der Waals surface area contributed by atoms with Crippen LogP contribution in [-0.4, -0.2) is 60.9 Å². The molecule has 0 unspecified atom stereocenters. The third kappa shape index (κ3) is 6.45. The van der Waals surface area contributed by atoms with Crippen LogP contribution in [0.1, 0.15) is 64.4 Å². The zero-order chi connectivity index (χ0) is 24.0. The van der Waals surface area contributed by atoms with Crippen LogP contribution in [0.5, 0.6) is 0 Å². The summed E-state index contributed by atoms with van der Waals surface area (Å²) < 4.78 is 27.2. The highest BCUT2D eigenvalue weighted by atomic mass is 32.2. The summed E-state index contributed by atoms with van der Waals surface area (Å²) in [5.74, 6) is 0.546. The molecule has 9 heteroatoms. The first kappa shape index (κ1) is 25.9. The molecule has 0 spiro atoms. The number of amides is 1. The average molecular weight is 495 g/mol. The molecule has 3 rings (SSSR count). The normalized spacial score (nSPS) is 18.4. The molecule has 33 heavy (non-hydrogen) atoms. The largest absolute Gasteiger partial charge is 0.360 e. The van der Waals surface area contributed by atoms with Gasteiger partial charge in [-0.3, -0.25) is 4.79 Å². The Morgan fingerprint density at radius 2 is 1.73 bits per heavy atom. The van der Waals surface area contributed by atoms with E-state index in [4.69, 9.17) is 12.2 Å². The highest BCUT2D eigenvalue weighted by Crippen LogP contribution is 2.27. The van der Waals surface area contributed by atoms with E-state index in [1.165, 1.54) is 23.6 Å². The number of anilines is 1. The second kappa shape index (κ2) is 11.6. The fourth-order valence-electron chi connectivity index (χ4n) is 4.80. The van der Waals surface area contributed by atoms with E-state index < -0.39 is 10.0 Å². The van der Waals surface area contributed by atoms with Gasteiger partial charge in [-0.25, -0.2) is 8.42 Å². The Bertz CT molecular complexity index is 933. The molecule has 184 valence electrons. The van der Waals surface area contributed by atoms with E-state index in [9.17, 15) is 13.2 Å². The van der Waals surface area contributed by atoms with Crippen LogP contribution in [0.2, 0.25) is 0 Å². The first-order valence-electron chi connectivity index (χ1n) is 12.2. The van der Waals surface area contributed by atoms with Crippen molar-refractivity contribution in [2.45, 2.75) is 76.7 Å². The SMILES string of the molecule is CCN(CC)S(=O)(=O)c1ccc(C)c(NC(=S)NC2CCN(C(=O)C3CCCCC3)CC2)c1. The van der Waals surface area contributed by atoms with Crippen LogP contribution >= 0.6 is 12.2 Å². The van der Waals surface area contributed by atoms with E-state index in [2.05, 4.69) is 10.6 Å². The number of carbonyl (C=O) groups excluding carboxylic acids is 1. The van der Waals surface area contributed by atoms with Crippen LogP contribution in [0.4, 0.5) is 5.69 Å². The molecule has 1 aliphatic heterocycles. The molecule has 1 heterocycles. The monoisotopic (exact) mass is 494 g/mol. The van der Waals surface area contributed by atoms with Crippen molar-refractivity contribution in [1.82, 2.24) is 14.5 Å². The molecule has 1 aromatic carbocycles. The lowest BCUT2D eigenvalue weighted by atomic mass is 9.87. The number of thiocarbonyl (C=S) groups is 1. The minimum Gasteiger partial charge on any atom is -0.360 e. The number of rotatable bonds is 7. The third-order valence-electron chi connectivity index (χ3n) is 6.90. The van der Waals surface area contributed by atoms with Crippen molar-refractivity contribution in [3.05, 3.63) is 23.8 Å². The quantitative estimate of drug-likeness (QED) is 0.560. The minimum atomic E-state index is -3.54. The Balaban J connectivity index is 1.55. The maximum Gasteiger partial charge on any atom is 0.243 e. The maximum absolute atomic E-state index is 12.9. The molecule has 1 aromatic rings. The van der Waals surface area contributed by atoms with Crippen molar-refractivity contribution in [1.29, 1.82) is 0 Å². The van der Waals surface area contributed by atoms with E-state index >= 15 is 0 Å². The van der Waals surface area contributed by atoms with Crippen LogP contribution in [-0.2, 0) is 14.8 Å². The predicted molar refractivity (Wildman–Crippen MR) is 137 cm³/mol. The fourth-order valence-corrected chi connectivity index (χ4v) is 6.57. The van der Waals surface area contributed by atoms with Crippen LogP contribution in [0.15, 0.2) is 23.1 Å². The lowest BCUT2D eigenvalue weighted by Crippen LogP contribution is -2.49. The molecule has 1 saturated carbocycles. The van der Waals surface area contributed by atoms with Gasteiger partial charge < -0.3 is 15.5 Å². The number of aryl methyl sites for hydroxylation is 1. The first-order chi connectivity index (χ1) is 15.8. The Hall–Kier alpha value is -1.71. The Morgan fingerprint density at radius 1 is 1.09 bits per heavy atom. The molecule has 2 aliphatic rings. The molecule has 2 fully saturated rings. The number of benzene rings is 1. The molecule has 0 bridgehead atoms. The molecule has 0 radical (unpaired) electrons. The van der Waals surface area contributed by atoms with Gasteiger partial charge in [0.1, 0.15) is 0 Å². The molecule has 1 saturated heterocycles. The highest BCUT2D eigenvalue weighted by Gasteiger charge is 2.29. The number of nitrogens with zero attached hydrogens (tertiary/aromatic N) is 2. The van der Waals surface area contributed by atoms with Gasteiger partial charge in [-0.1, -0.05) is 39.2 Å². The summed E-state index contributed by atoms with van der Waals surface area (Å²) >= 11 is 5.53. The van der Waals surface area contributed by atoms with E-state index in [0.717, 1.165) is 44.3 Å². The van der Waals surface area contributed by atoms with Crippen molar-refractivity contribution in [2.75, 3.05) is 31.5 Å². The van der Waals surface area contributed by atoms with Gasteiger partial charge in [0.15, 0.2) is 5.11 Å². The molecular weight excluding hydrogens is 456 g/mol. The van der Waals surface area contributed by atoms with Crippen LogP contribution < -0.4 is 10.6 Å². The van der Waals surface area contributed by atoms with Crippen LogP contribution in [0.3, 0.4) is 0 Å². The van der Waals surface area contributed by atoms with Gasteiger partial charge in [0, 0.05) is 43.8 Å². The molecule has 2 N–H and O–H groups in total. The van der Waals surface area contributed by atoms with Crippen molar-refractivity contribution >= 4 is 38.9 Å². The van der Waals surface area contributed by atoms with Gasteiger partial charge in [-0.15, -0.1) is 0 Å². The zero-order valence-corrected chi connectivity index (χ0v) is 21.7. The van der Waals surface area contributed by atoms with E-state index in [1.807, 2.05) is 25.7 Å². The Labute approximate surface area is 204 Å². The van der Waals surface area contributed by atoms with Crippen LogP contribution in [0, 0.1) is 12.8 Å². The number of likely N-dealkylation sites (tertiary alicyclic amines) is 1. The van der Waals surface area contributed by atoms with Gasteiger partial charge in [0.05, 0.1) is 4.90 Å². The summed E-state index contributed by atoms with van der Waals surface area (Å²) in [4.78, 5) is 15.1. The number of piperidine rings is 1. The van der Waals surface area contributed by atoms with E-state index in [-0.39, 0.29) is 16.9 Å². The Morgan fingerprint density at radius 3 is 2.33 bits per heavy atom. The maximum atomic E-state index is 12.9. The average Bonchev–Trinajstić information content (AvgIpc) is 2.81. The molecule has 0 aromatic heterocycles. The predicted octanol–water partition coefficient (Wildman–Crippen LogP) is 3.88. The summed E-state index contributed by atoms with van der Waals surface area (Å²) in [6, 6.07) is 5.30. The summed E-state index contributed by atoms with van der Waals surface area (Å²) in [7, 11) is -3.54. The third-order valence-corrected chi connectivity index (χ3v) is 9.16. The number of nitrogens with one attached hydrogen (secondary N) is 2. The molecule has 0 atom stereocenters. The first-order valence-corrected chi connectivity index (χ1v) is 14.1. The molecule has 1 aliphatic carbocycles. The van der Waals surface area contributed by atoms with Gasteiger partial charge in [-0.2, -0.15) is 4.31 Å². The fraction of sp³-hybridized carbons (Fsp3) is 0.667. The van der Waals surface area contributed by atoms with E-state index in [0.29, 0.717) is 29.8 Å². The summed E-state index contributed by atoms with van der Waals surface area (Å²) in [6.07, 6.45) is 7.38. The second-order valence-corrected chi connectivity index (χ2v) is 11.4. The molecule has 1 amide bonds. The minimum absolute atomic E-state index is 0.198. The van der Waals surface area contributed by atoms with Crippen molar-refractivity contribution < 1.29 is 13.2 Å². The lowest BCUT2D eigenvalue weighted by Gasteiger charge is -2.35. The van der Waals surface area contributed by atoms with Crippen molar-refractivity contribution in [2.24, 2.45) is 5.92 Å². The zero-order valence-electron chi connectivity index (χ0n) is 20.1. The van der Waals surface area contributed by atoms with Gasteiger partial charge >= 0.3 is 0 Å². The summed E-state index contributed by atoms with van der Waals surface area (Å²) in [5.41, 5.74) is 1.61. The standard InChI is InChI=1S/C24H38N4O3S2/c1-4-28(5-2)33(30,31)21-12-11-18(3)22(17-21)26-24(32)25-20-13-15-27(16-14-20)23(29)19-9-7-6-8-10-19/h11-12,17,19-20H,4-10,13-16H2,1-3H3,(H2,25,26,32). The summed E-state index contributed by atoms with van der Waals surface area (Å²) in [6.45, 7) is 7.96. The van der Waals surface area contributed by atoms with Gasteiger partial charge in [-0.05, 0) is 62.5 Å². The molecule has 7 nitrogen and oxygen atoms in total. The molecular formula is C24H38N4O3S2. The second-order valence-electron chi connectivity index (χ2n) is 9.10. The van der Waals surface area contributed by atoms with Gasteiger partial charge in [0.25, 0.3) is 0 Å². The number of carbonyl (C=O) groups is 1. The highest BCUT2D eigenvalue weighted by molar-refractivity contribution is 7.89. The number of sulfonamides is 1. The van der Waals surface area contributed by atoms with Crippen molar-refractivity contribution in [3.8, 4) is 0 Å². The number of hydrogen-bond donors (Lipinski definition) is 2. The van der Waals surface area contributed by atoms with Gasteiger partial charge in [0.2, 0.25) is 15.9 Å². The number of hydrogen-bond acceptors (Lipinski definition) is 4. The van der Waals surface area contributed by atoms with Crippen LogP contribution in [0.25, 0.3) is 0 Å². The van der Waals surface area contributed by atoms with E-state index in [1.54, 1.807) is 18.2 Å². The topological polar surface area (TPSA) is 81.8 Å². The smallest absolute Gasteiger partial charge is 0.243 e. The lowest BCUT2D eigenvalue weighted by molar-refractivity contribution is -0.137.